The number of anilines is 2. The molecule has 0 fully saturated rings. The summed E-state index contributed by atoms with van der Waals surface area (Å²) in [6, 6.07) is 23.3. The average Bonchev–Trinajstić information content (AvgIpc) is 3.54. The van der Waals surface area contributed by atoms with Crippen LogP contribution in [0.15, 0.2) is 79.0 Å². The van der Waals surface area contributed by atoms with Crippen LogP contribution in [0.2, 0.25) is 0 Å². The second kappa shape index (κ2) is 12.7. The number of methoxy groups -OCH3 is 1. The summed E-state index contributed by atoms with van der Waals surface area (Å²) in [4.78, 5) is 45.7. The van der Waals surface area contributed by atoms with Gasteiger partial charge in [-0.2, -0.15) is 0 Å². The Balaban J connectivity index is 1.13. The zero-order chi connectivity index (χ0) is 31.5. The van der Waals surface area contributed by atoms with Crippen LogP contribution in [0.3, 0.4) is 0 Å². The van der Waals surface area contributed by atoms with Crippen LogP contribution in [-0.2, 0) is 30.8 Å². The van der Waals surface area contributed by atoms with E-state index in [4.69, 9.17) is 15.2 Å². The number of amides is 3. The van der Waals surface area contributed by atoms with Crippen LogP contribution in [0, 0.1) is 0 Å². The van der Waals surface area contributed by atoms with Gasteiger partial charge in [-0.1, -0.05) is 42.5 Å². The number of nitrogens with two attached hydrogens (primary N) is 1. The molecule has 4 aromatic rings. The summed E-state index contributed by atoms with van der Waals surface area (Å²) in [6.45, 7) is 3.16. The summed E-state index contributed by atoms with van der Waals surface area (Å²) in [5, 5.41) is 2.83. The van der Waals surface area contributed by atoms with Gasteiger partial charge in [-0.3, -0.25) is 14.4 Å². The fourth-order valence-corrected chi connectivity index (χ4v) is 5.75. The van der Waals surface area contributed by atoms with Gasteiger partial charge < -0.3 is 30.3 Å². The number of nitrogens with zero attached hydrogens (tertiary/aromatic N) is 3. The van der Waals surface area contributed by atoms with Crippen molar-refractivity contribution in [2.24, 2.45) is 5.73 Å². The van der Waals surface area contributed by atoms with Gasteiger partial charge in [-0.15, -0.1) is 0 Å². The normalized spacial score (nSPS) is 14.3. The smallest absolute Gasteiger partial charge is 0.258 e. The van der Waals surface area contributed by atoms with E-state index in [-0.39, 0.29) is 24.5 Å². The molecule has 0 aliphatic carbocycles. The number of nitrogens with one attached hydrogen (secondary N) is 1. The standard InChI is InChI=1S/C35H35N5O5/c1-22(8-9-23-6-4-3-5-7-23)45-31-15-27(12-13-30(31)44-2)40-21-25-11-10-24(14-28(25)35(40)43)19-39-20-26-17-37-33(38-18-32(36)41)16-29(26)34(39)42/h3-7,10-17,22H,8-9,18-21H2,1-2H3,(H2,36,41)(H,37,38). The van der Waals surface area contributed by atoms with Gasteiger partial charge in [0.2, 0.25) is 5.91 Å². The first-order valence-electron chi connectivity index (χ1n) is 14.9. The zero-order valence-corrected chi connectivity index (χ0v) is 25.3. The van der Waals surface area contributed by atoms with Gasteiger partial charge in [0, 0.05) is 47.7 Å². The summed E-state index contributed by atoms with van der Waals surface area (Å²) in [7, 11) is 1.61. The van der Waals surface area contributed by atoms with Gasteiger partial charge in [-0.25, -0.2) is 4.98 Å². The average molecular weight is 606 g/mol. The van der Waals surface area contributed by atoms with Crippen molar-refractivity contribution in [2.75, 3.05) is 23.9 Å². The Kier molecular flexibility index (Phi) is 8.37. The molecule has 0 bridgehead atoms. The molecule has 6 rings (SSSR count). The lowest BCUT2D eigenvalue weighted by atomic mass is 10.1. The van der Waals surface area contributed by atoms with E-state index in [1.807, 2.05) is 61.5 Å². The molecule has 230 valence electrons. The highest BCUT2D eigenvalue weighted by Gasteiger charge is 2.32. The van der Waals surface area contributed by atoms with Gasteiger partial charge in [0.15, 0.2) is 11.5 Å². The van der Waals surface area contributed by atoms with E-state index in [0.29, 0.717) is 48.1 Å². The molecule has 3 N–H and O–H groups in total. The van der Waals surface area contributed by atoms with Crippen LogP contribution < -0.4 is 25.4 Å². The third kappa shape index (κ3) is 6.45. The van der Waals surface area contributed by atoms with Gasteiger partial charge in [0.05, 0.1) is 26.3 Å². The number of hydrogen-bond acceptors (Lipinski definition) is 7. The molecular formula is C35H35N5O5. The molecule has 1 aromatic heterocycles. The SMILES string of the molecule is COc1ccc(N2Cc3ccc(CN4Cc5cnc(NCC(N)=O)cc5C4=O)cc3C2=O)cc1OC(C)CCc1ccccc1. The number of primary amides is 1. The number of rotatable bonds is 12. The minimum atomic E-state index is -0.514. The van der Waals surface area contributed by atoms with E-state index >= 15 is 0 Å². The van der Waals surface area contributed by atoms with Crippen LogP contribution in [0.5, 0.6) is 11.5 Å². The number of hydrogen-bond donors (Lipinski definition) is 2. The van der Waals surface area contributed by atoms with E-state index < -0.39 is 5.91 Å². The molecule has 0 saturated heterocycles. The van der Waals surface area contributed by atoms with Gasteiger partial charge in [0.1, 0.15) is 5.82 Å². The van der Waals surface area contributed by atoms with Crippen LogP contribution in [0.25, 0.3) is 0 Å². The maximum absolute atomic E-state index is 13.6. The minimum absolute atomic E-state index is 0.0587. The summed E-state index contributed by atoms with van der Waals surface area (Å²) in [5.41, 5.74) is 10.9. The second-order valence-corrected chi connectivity index (χ2v) is 11.4. The first kappa shape index (κ1) is 29.7. The van der Waals surface area contributed by atoms with Gasteiger partial charge >= 0.3 is 0 Å². The molecule has 0 radical (unpaired) electrons. The van der Waals surface area contributed by atoms with E-state index in [0.717, 1.165) is 35.2 Å². The molecular weight excluding hydrogens is 570 g/mol. The van der Waals surface area contributed by atoms with Crippen LogP contribution >= 0.6 is 0 Å². The van der Waals surface area contributed by atoms with E-state index in [2.05, 4.69) is 22.4 Å². The first-order valence-corrected chi connectivity index (χ1v) is 14.9. The lowest BCUT2D eigenvalue weighted by Crippen LogP contribution is -2.24. The maximum Gasteiger partial charge on any atom is 0.258 e. The highest BCUT2D eigenvalue weighted by atomic mass is 16.5. The van der Waals surface area contributed by atoms with Crippen LogP contribution in [0.1, 0.15) is 56.3 Å². The fraction of sp³-hybridized carbons (Fsp3) is 0.257. The Hall–Kier alpha value is -5.38. The predicted molar refractivity (Wildman–Crippen MR) is 170 cm³/mol. The predicted octanol–water partition coefficient (Wildman–Crippen LogP) is 4.70. The molecule has 1 atom stereocenters. The van der Waals surface area contributed by atoms with E-state index in [9.17, 15) is 14.4 Å². The van der Waals surface area contributed by atoms with Crippen molar-refractivity contribution < 1.29 is 23.9 Å². The topological polar surface area (TPSA) is 127 Å². The second-order valence-electron chi connectivity index (χ2n) is 11.4. The quantitative estimate of drug-likeness (QED) is 0.240. The molecule has 2 aliphatic heterocycles. The van der Waals surface area contributed by atoms with Gasteiger partial charge in [0.25, 0.3) is 11.8 Å². The number of aromatic nitrogens is 1. The lowest BCUT2D eigenvalue weighted by Gasteiger charge is -2.21. The Morgan fingerprint density at radius 1 is 0.933 bits per heavy atom. The van der Waals surface area contributed by atoms with Crippen molar-refractivity contribution in [3.63, 3.8) is 0 Å². The molecule has 3 aromatic carbocycles. The highest BCUT2D eigenvalue weighted by molar-refractivity contribution is 6.10. The number of ether oxygens (including phenoxy) is 2. The van der Waals surface area contributed by atoms with Crippen molar-refractivity contribution in [3.8, 4) is 11.5 Å². The molecule has 10 heteroatoms. The van der Waals surface area contributed by atoms with Crippen LogP contribution in [0.4, 0.5) is 11.5 Å². The Morgan fingerprint density at radius 2 is 1.73 bits per heavy atom. The summed E-state index contributed by atoms with van der Waals surface area (Å²) < 4.78 is 11.9. The number of benzene rings is 3. The van der Waals surface area contributed by atoms with E-state index in [1.54, 1.807) is 29.2 Å². The lowest BCUT2D eigenvalue weighted by molar-refractivity contribution is -0.116. The highest BCUT2D eigenvalue weighted by Crippen LogP contribution is 2.37. The third-order valence-corrected chi connectivity index (χ3v) is 8.13. The molecule has 10 nitrogen and oxygen atoms in total. The Morgan fingerprint density at radius 3 is 2.51 bits per heavy atom. The number of pyridine rings is 1. The number of aryl methyl sites for hydroxylation is 1. The first-order chi connectivity index (χ1) is 21.8. The molecule has 2 aliphatic rings. The van der Waals surface area contributed by atoms with Crippen molar-refractivity contribution in [1.29, 1.82) is 0 Å². The van der Waals surface area contributed by atoms with Gasteiger partial charge in [-0.05, 0) is 60.7 Å². The Labute approximate surface area is 261 Å². The molecule has 3 amide bonds. The molecule has 3 heterocycles. The molecule has 0 spiro atoms. The van der Waals surface area contributed by atoms with Crippen molar-refractivity contribution in [3.05, 3.63) is 112 Å². The summed E-state index contributed by atoms with van der Waals surface area (Å²) in [6.07, 6.45) is 3.31. The number of carbonyl (C=O) groups is 3. The van der Waals surface area contributed by atoms with Crippen molar-refractivity contribution >= 4 is 29.2 Å². The molecule has 1 unspecified atom stereocenters. The molecule has 45 heavy (non-hydrogen) atoms. The monoisotopic (exact) mass is 605 g/mol. The minimum Gasteiger partial charge on any atom is -0.493 e. The largest absolute Gasteiger partial charge is 0.493 e. The van der Waals surface area contributed by atoms with E-state index in [1.165, 1.54) is 5.56 Å². The summed E-state index contributed by atoms with van der Waals surface area (Å²) >= 11 is 0. The fourth-order valence-electron chi connectivity index (χ4n) is 5.75. The third-order valence-electron chi connectivity index (χ3n) is 8.13. The maximum atomic E-state index is 13.6. The van der Waals surface area contributed by atoms with Crippen LogP contribution in [-0.4, -0.2) is 47.4 Å². The summed E-state index contributed by atoms with van der Waals surface area (Å²) in [5.74, 6) is 0.866. The number of carbonyl (C=O) groups excluding carboxylic acids is 3. The van der Waals surface area contributed by atoms with Crippen molar-refractivity contribution in [1.82, 2.24) is 9.88 Å². The number of fused-ring (bicyclic) bond motifs is 2. The Bertz CT molecular complexity index is 1760. The zero-order valence-electron chi connectivity index (χ0n) is 25.3. The molecule has 0 saturated carbocycles. The van der Waals surface area contributed by atoms with Crippen molar-refractivity contribution in [2.45, 2.75) is 45.5 Å².